The minimum Gasteiger partial charge on any atom is -0.351 e. The first-order valence-corrected chi connectivity index (χ1v) is 14.3. The third kappa shape index (κ3) is 7.60. The molecular formula is C29H38N4O3S. The normalized spacial score (nSPS) is 17.4. The fourth-order valence-corrected chi connectivity index (χ4v) is 6.20. The van der Waals surface area contributed by atoms with Crippen molar-refractivity contribution in [3.63, 3.8) is 0 Å². The number of nitrogens with zero attached hydrogens (tertiary/aromatic N) is 2. The Morgan fingerprint density at radius 1 is 0.973 bits per heavy atom. The molecule has 1 aliphatic rings. The Morgan fingerprint density at radius 3 is 2.27 bits per heavy atom. The van der Waals surface area contributed by atoms with Gasteiger partial charge in [0.1, 0.15) is 0 Å². The topological polar surface area (TPSA) is 93.2 Å². The second-order valence-corrected chi connectivity index (χ2v) is 12.9. The summed E-state index contributed by atoms with van der Waals surface area (Å²) < 4.78 is 29.9. The van der Waals surface area contributed by atoms with Crippen LogP contribution in [0.25, 0.3) is 11.3 Å². The van der Waals surface area contributed by atoms with Gasteiger partial charge in [0.05, 0.1) is 17.2 Å². The van der Waals surface area contributed by atoms with Crippen LogP contribution in [0.1, 0.15) is 58.1 Å². The van der Waals surface area contributed by atoms with Crippen LogP contribution in [-0.2, 0) is 20.7 Å². The van der Waals surface area contributed by atoms with Crippen molar-refractivity contribution in [2.24, 2.45) is 0 Å². The molecule has 37 heavy (non-hydrogen) atoms. The lowest BCUT2D eigenvalue weighted by atomic mass is 9.80. The first-order valence-electron chi connectivity index (χ1n) is 12.9. The highest BCUT2D eigenvalue weighted by Crippen LogP contribution is 2.30. The summed E-state index contributed by atoms with van der Waals surface area (Å²) in [7, 11) is -3.73. The molecule has 2 aromatic carbocycles. The van der Waals surface area contributed by atoms with Gasteiger partial charge >= 0.3 is 0 Å². The third-order valence-corrected chi connectivity index (χ3v) is 7.91. The fourth-order valence-electron chi connectivity index (χ4n) is 5.26. The Hall–Kier alpha value is -2.81. The second kappa shape index (κ2) is 10.9. The molecule has 0 saturated carbocycles. The van der Waals surface area contributed by atoms with E-state index in [1.165, 1.54) is 0 Å². The summed E-state index contributed by atoms with van der Waals surface area (Å²) in [6.07, 6.45) is 5.11. The largest absolute Gasteiger partial charge is 0.351 e. The van der Waals surface area contributed by atoms with Crippen LogP contribution < -0.4 is 10.6 Å². The molecule has 0 aliphatic carbocycles. The van der Waals surface area contributed by atoms with Gasteiger partial charge in [-0.25, -0.2) is 9.97 Å². The number of rotatable bonds is 9. The van der Waals surface area contributed by atoms with Crippen molar-refractivity contribution in [2.45, 2.75) is 82.3 Å². The van der Waals surface area contributed by atoms with Crippen LogP contribution >= 0.6 is 0 Å². The van der Waals surface area contributed by atoms with Gasteiger partial charge in [0.15, 0.2) is 0 Å². The highest BCUT2D eigenvalue weighted by atomic mass is 32.2. The van der Waals surface area contributed by atoms with Crippen molar-refractivity contribution >= 4 is 16.1 Å². The minimum absolute atomic E-state index is 0.0444. The van der Waals surface area contributed by atoms with E-state index in [0.717, 1.165) is 41.6 Å². The zero-order valence-electron chi connectivity index (χ0n) is 22.4. The van der Waals surface area contributed by atoms with Gasteiger partial charge in [0.25, 0.3) is 10.1 Å². The van der Waals surface area contributed by atoms with Crippen LogP contribution in [0.5, 0.6) is 0 Å². The number of benzene rings is 2. The minimum atomic E-state index is -3.73. The molecule has 0 bridgehead atoms. The smallest absolute Gasteiger partial charge is 0.296 e. The summed E-state index contributed by atoms with van der Waals surface area (Å²) in [5, 5.41) is 7.26. The van der Waals surface area contributed by atoms with E-state index in [0.29, 0.717) is 18.4 Å². The van der Waals surface area contributed by atoms with Crippen molar-refractivity contribution in [3.8, 4) is 11.3 Å². The van der Waals surface area contributed by atoms with Gasteiger partial charge in [-0.2, -0.15) is 8.42 Å². The predicted octanol–water partition coefficient (Wildman–Crippen LogP) is 5.51. The van der Waals surface area contributed by atoms with E-state index in [1.807, 2.05) is 25.1 Å². The quantitative estimate of drug-likeness (QED) is 0.283. The van der Waals surface area contributed by atoms with E-state index < -0.39 is 10.1 Å². The van der Waals surface area contributed by atoms with Crippen LogP contribution in [0.2, 0.25) is 0 Å². The van der Waals surface area contributed by atoms with Gasteiger partial charge in [0.2, 0.25) is 5.95 Å². The average molecular weight is 523 g/mol. The summed E-state index contributed by atoms with van der Waals surface area (Å²) in [5.74, 6) is 0.645. The number of anilines is 1. The van der Waals surface area contributed by atoms with E-state index in [4.69, 9.17) is 9.17 Å². The number of aryl methyl sites for hydroxylation is 2. The van der Waals surface area contributed by atoms with E-state index in [2.05, 4.69) is 55.4 Å². The summed E-state index contributed by atoms with van der Waals surface area (Å²) in [5.41, 5.74) is 4.09. The molecule has 0 atom stereocenters. The van der Waals surface area contributed by atoms with E-state index in [-0.39, 0.29) is 22.6 Å². The summed E-state index contributed by atoms with van der Waals surface area (Å²) in [4.78, 5) is 9.42. The van der Waals surface area contributed by atoms with Gasteiger partial charge in [-0.3, -0.25) is 4.18 Å². The first-order chi connectivity index (χ1) is 17.4. The fraction of sp³-hybridized carbons (Fsp3) is 0.448. The molecule has 3 aromatic rings. The van der Waals surface area contributed by atoms with Crippen molar-refractivity contribution in [1.29, 1.82) is 0 Å². The van der Waals surface area contributed by atoms with Crippen LogP contribution in [0.4, 0.5) is 5.95 Å². The summed E-state index contributed by atoms with van der Waals surface area (Å²) in [6.45, 7) is 11.0. The first kappa shape index (κ1) is 27.2. The lowest BCUT2D eigenvalue weighted by Gasteiger charge is -2.46. The van der Waals surface area contributed by atoms with Crippen molar-refractivity contribution < 1.29 is 12.6 Å². The molecule has 0 amide bonds. The van der Waals surface area contributed by atoms with Gasteiger partial charge in [0, 0.05) is 28.9 Å². The van der Waals surface area contributed by atoms with Gasteiger partial charge in [-0.15, -0.1) is 0 Å². The molecule has 1 saturated heterocycles. The second-order valence-electron chi connectivity index (χ2n) is 11.3. The standard InChI is InChI=1S/C29H38N4O3S/c1-21-8-14-25(15-9-21)37(34,35)36-18-6-7-22-10-12-23(13-11-22)26-16-17-30-27(32-26)31-24-19-28(2,3)33-29(4,5)20-24/h8-17,24,33H,6-7,18-20H2,1-5H3,(H,30,31,32). The number of hydrogen-bond acceptors (Lipinski definition) is 7. The number of nitrogens with one attached hydrogen (secondary N) is 2. The molecule has 7 nitrogen and oxygen atoms in total. The Bertz CT molecular complexity index is 1290. The highest BCUT2D eigenvalue weighted by molar-refractivity contribution is 7.86. The van der Waals surface area contributed by atoms with Crippen LogP contribution in [0.3, 0.4) is 0 Å². The molecule has 0 unspecified atom stereocenters. The van der Waals surface area contributed by atoms with Crippen LogP contribution in [0, 0.1) is 6.92 Å². The molecule has 0 radical (unpaired) electrons. The maximum absolute atomic E-state index is 12.3. The number of aromatic nitrogens is 2. The maximum atomic E-state index is 12.3. The lowest BCUT2D eigenvalue weighted by molar-refractivity contribution is 0.170. The molecule has 8 heteroatoms. The number of piperidine rings is 1. The summed E-state index contributed by atoms with van der Waals surface area (Å²) >= 11 is 0. The summed E-state index contributed by atoms with van der Waals surface area (Å²) in [6, 6.07) is 17.1. The van der Waals surface area contributed by atoms with Gasteiger partial charge in [-0.05, 0) is 84.1 Å². The lowest BCUT2D eigenvalue weighted by Crippen LogP contribution is -2.60. The molecule has 1 aromatic heterocycles. The van der Waals surface area contributed by atoms with Gasteiger partial charge in [-0.1, -0.05) is 42.0 Å². The average Bonchev–Trinajstić information content (AvgIpc) is 2.81. The third-order valence-electron chi connectivity index (χ3n) is 6.59. The maximum Gasteiger partial charge on any atom is 0.296 e. The van der Waals surface area contributed by atoms with E-state index in [9.17, 15) is 8.42 Å². The van der Waals surface area contributed by atoms with Crippen molar-refractivity contribution in [1.82, 2.24) is 15.3 Å². The molecule has 2 heterocycles. The Kier molecular flexibility index (Phi) is 8.02. The molecule has 1 fully saturated rings. The zero-order chi connectivity index (χ0) is 26.7. The SMILES string of the molecule is Cc1ccc(S(=O)(=O)OCCCc2ccc(-c3ccnc(NC4CC(C)(C)NC(C)(C)C4)n3)cc2)cc1. The predicted molar refractivity (Wildman–Crippen MR) is 148 cm³/mol. The number of hydrogen-bond donors (Lipinski definition) is 2. The zero-order valence-corrected chi connectivity index (χ0v) is 23.2. The Labute approximate surface area is 221 Å². The van der Waals surface area contributed by atoms with Gasteiger partial charge < -0.3 is 10.6 Å². The molecule has 198 valence electrons. The van der Waals surface area contributed by atoms with Crippen molar-refractivity contribution in [2.75, 3.05) is 11.9 Å². The molecule has 2 N–H and O–H groups in total. The molecule has 1 aliphatic heterocycles. The highest BCUT2D eigenvalue weighted by Gasteiger charge is 2.37. The van der Waals surface area contributed by atoms with Crippen LogP contribution in [-0.4, -0.2) is 42.1 Å². The Balaban J connectivity index is 1.31. The van der Waals surface area contributed by atoms with E-state index in [1.54, 1.807) is 30.5 Å². The molecule has 0 spiro atoms. The monoisotopic (exact) mass is 522 g/mol. The molecule has 4 rings (SSSR count). The van der Waals surface area contributed by atoms with E-state index >= 15 is 0 Å². The van der Waals surface area contributed by atoms with Crippen LogP contribution in [0.15, 0.2) is 65.7 Å². The van der Waals surface area contributed by atoms with Crippen molar-refractivity contribution in [3.05, 3.63) is 71.9 Å². The molecular weight excluding hydrogens is 484 g/mol. The Morgan fingerprint density at radius 2 is 1.62 bits per heavy atom.